The number of carbonyl (C=O) groups excluding carboxylic acids is 1. The van der Waals surface area contributed by atoms with Crippen molar-refractivity contribution in [2.75, 3.05) is 6.61 Å². The predicted octanol–water partition coefficient (Wildman–Crippen LogP) is 5.25. The Hall–Kier alpha value is -1.88. The molecule has 1 heterocycles. The van der Waals surface area contributed by atoms with E-state index in [0.29, 0.717) is 11.1 Å². The molecule has 0 saturated carbocycles. The Balaban J connectivity index is 1.73. The van der Waals surface area contributed by atoms with Crippen LogP contribution >= 0.6 is 11.3 Å². The molecule has 0 radical (unpaired) electrons. The average Bonchev–Trinajstić information content (AvgIpc) is 2.93. The summed E-state index contributed by atoms with van der Waals surface area (Å²) in [4.78, 5) is 19.3. The molecule has 1 aliphatic rings. The van der Waals surface area contributed by atoms with Crippen LogP contribution < -0.4 is 4.74 Å². The molecule has 2 aromatic rings. The number of nitrogens with zero attached hydrogens (tertiary/aromatic N) is 2. The van der Waals surface area contributed by atoms with Crippen LogP contribution in [0.25, 0.3) is 10.2 Å². The van der Waals surface area contributed by atoms with Gasteiger partial charge in [0.1, 0.15) is 0 Å². The summed E-state index contributed by atoms with van der Waals surface area (Å²) in [5, 5.41) is 0.551. The second-order valence-electron chi connectivity index (χ2n) is 8.27. The highest BCUT2D eigenvalue weighted by molar-refractivity contribution is 7.20. The largest absolute Gasteiger partial charge is 0.460 e. The summed E-state index contributed by atoms with van der Waals surface area (Å²) in [6.07, 6.45) is 4.32. The molecule has 3 rings (SSSR count). The van der Waals surface area contributed by atoms with E-state index in [0.717, 1.165) is 28.8 Å². The van der Waals surface area contributed by atoms with Gasteiger partial charge in [0.25, 0.3) is 11.1 Å². The van der Waals surface area contributed by atoms with Crippen LogP contribution in [0.15, 0.2) is 36.0 Å². The van der Waals surface area contributed by atoms with Gasteiger partial charge in [-0.15, -0.1) is 0 Å². The van der Waals surface area contributed by atoms with Gasteiger partial charge in [-0.05, 0) is 50.2 Å². The molecule has 0 saturated heterocycles. The summed E-state index contributed by atoms with van der Waals surface area (Å²) in [6.45, 7) is 10.9. The molecule has 0 bridgehead atoms. The molecule has 1 aromatic heterocycles. The number of allylic oxidation sites excluding steroid dienone is 2. The van der Waals surface area contributed by atoms with Gasteiger partial charge in [0.15, 0.2) is 6.61 Å². The number of ether oxygens (including phenoxy) is 1. The fourth-order valence-electron chi connectivity index (χ4n) is 3.93. The van der Waals surface area contributed by atoms with Crippen LogP contribution in [-0.2, 0) is 4.79 Å². The Morgan fingerprint density at radius 1 is 1.38 bits per heavy atom. The highest BCUT2D eigenvalue weighted by Crippen LogP contribution is 2.39. The first kappa shape index (κ1) is 18.9. The molecular weight excluding hydrogens is 344 g/mol. The quantitative estimate of drug-likeness (QED) is 0.720. The van der Waals surface area contributed by atoms with Gasteiger partial charge in [0.2, 0.25) is 0 Å². The molecule has 1 aromatic carbocycles. The second kappa shape index (κ2) is 7.39. The van der Waals surface area contributed by atoms with Gasteiger partial charge in [-0.3, -0.25) is 4.79 Å². The Morgan fingerprint density at radius 3 is 2.77 bits per heavy atom. The van der Waals surface area contributed by atoms with Crippen molar-refractivity contribution in [3.63, 3.8) is 0 Å². The summed E-state index contributed by atoms with van der Waals surface area (Å²) in [6, 6.07) is 8.01. The zero-order valence-corrected chi connectivity index (χ0v) is 17.1. The van der Waals surface area contributed by atoms with Gasteiger partial charge < -0.3 is 9.64 Å². The number of fused-ring (bicyclic) bond motifs is 1. The van der Waals surface area contributed by atoms with Crippen LogP contribution in [0.4, 0.5) is 0 Å². The number of hydrogen-bond donors (Lipinski definition) is 0. The van der Waals surface area contributed by atoms with Crippen LogP contribution in [0.2, 0.25) is 0 Å². The third-order valence-corrected chi connectivity index (χ3v) is 5.65. The van der Waals surface area contributed by atoms with Crippen molar-refractivity contribution in [2.45, 2.75) is 53.5 Å². The summed E-state index contributed by atoms with van der Waals surface area (Å²) < 4.78 is 6.81. The van der Waals surface area contributed by atoms with E-state index < -0.39 is 0 Å². The molecule has 1 amide bonds. The molecule has 0 aliphatic heterocycles. The van der Waals surface area contributed by atoms with Crippen LogP contribution in [0, 0.1) is 11.3 Å². The van der Waals surface area contributed by atoms with Crippen molar-refractivity contribution in [1.29, 1.82) is 0 Å². The zero-order valence-electron chi connectivity index (χ0n) is 16.3. The predicted molar refractivity (Wildman–Crippen MR) is 107 cm³/mol. The van der Waals surface area contributed by atoms with E-state index >= 15 is 0 Å². The third kappa shape index (κ3) is 4.26. The van der Waals surface area contributed by atoms with E-state index in [9.17, 15) is 4.79 Å². The SMILES string of the molecule is CC1C=C(N(C(=O)COc2nc3ccccc3s2)C(C)C)CC(C)(C)C1. The molecule has 5 heteroatoms. The highest BCUT2D eigenvalue weighted by atomic mass is 32.1. The maximum absolute atomic E-state index is 12.9. The van der Waals surface area contributed by atoms with Gasteiger partial charge in [-0.1, -0.05) is 50.3 Å². The fourth-order valence-corrected chi connectivity index (χ4v) is 4.75. The minimum Gasteiger partial charge on any atom is -0.460 e. The van der Waals surface area contributed by atoms with Crippen molar-refractivity contribution < 1.29 is 9.53 Å². The number of thiazole rings is 1. The lowest BCUT2D eigenvalue weighted by Crippen LogP contribution is -2.41. The van der Waals surface area contributed by atoms with E-state index in [2.05, 4.69) is 45.7 Å². The third-order valence-electron chi connectivity index (χ3n) is 4.70. The summed E-state index contributed by atoms with van der Waals surface area (Å²) in [7, 11) is 0. The molecule has 26 heavy (non-hydrogen) atoms. The Morgan fingerprint density at radius 2 is 2.12 bits per heavy atom. The molecule has 0 fully saturated rings. The summed E-state index contributed by atoms with van der Waals surface area (Å²) >= 11 is 1.48. The number of carbonyl (C=O) groups is 1. The minimum absolute atomic E-state index is 0.00425. The fraction of sp³-hybridized carbons (Fsp3) is 0.524. The van der Waals surface area contributed by atoms with Crippen molar-refractivity contribution in [1.82, 2.24) is 9.88 Å². The van der Waals surface area contributed by atoms with Crippen LogP contribution in [0.3, 0.4) is 0 Å². The maximum atomic E-state index is 12.9. The van der Waals surface area contributed by atoms with Crippen LogP contribution in [-0.4, -0.2) is 28.4 Å². The van der Waals surface area contributed by atoms with Gasteiger partial charge in [0.05, 0.1) is 10.2 Å². The Labute approximate surface area is 159 Å². The smallest absolute Gasteiger partial charge is 0.274 e. The van der Waals surface area contributed by atoms with E-state index in [1.165, 1.54) is 11.3 Å². The topological polar surface area (TPSA) is 42.4 Å². The Bertz CT molecular complexity index is 789. The van der Waals surface area contributed by atoms with E-state index in [-0.39, 0.29) is 24.0 Å². The molecule has 1 aliphatic carbocycles. The van der Waals surface area contributed by atoms with E-state index in [1.54, 1.807) is 0 Å². The van der Waals surface area contributed by atoms with Gasteiger partial charge >= 0.3 is 0 Å². The lowest BCUT2D eigenvalue weighted by molar-refractivity contribution is -0.133. The first-order valence-corrected chi connectivity index (χ1v) is 10.1. The summed E-state index contributed by atoms with van der Waals surface area (Å²) in [5.74, 6) is 0.475. The number of aromatic nitrogens is 1. The first-order chi connectivity index (χ1) is 12.2. The number of para-hydroxylation sites is 1. The van der Waals surface area contributed by atoms with Crippen LogP contribution in [0.5, 0.6) is 5.19 Å². The van der Waals surface area contributed by atoms with Crippen molar-refractivity contribution in [3.05, 3.63) is 36.0 Å². The molecule has 1 unspecified atom stereocenters. The zero-order chi connectivity index (χ0) is 18.9. The molecular formula is C21H28N2O2S. The Kier molecular flexibility index (Phi) is 5.37. The number of rotatable bonds is 5. The standard InChI is InChI=1S/C21H28N2O2S/c1-14(2)23(16-10-15(3)11-21(4,5)12-16)19(24)13-25-20-22-17-8-6-7-9-18(17)26-20/h6-10,14-15H,11-13H2,1-5H3. The minimum atomic E-state index is -0.00425. The normalized spacial score (nSPS) is 19.5. The molecule has 1 atom stereocenters. The second-order valence-corrected chi connectivity index (χ2v) is 9.27. The average molecular weight is 373 g/mol. The first-order valence-electron chi connectivity index (χ1n) is 9.26. The van der Waals surface area contributed by atoms with Gasteiger partial charge in [0, 0.05) is 11.7 Å². The number of benzene rings is 1. The van der Waals surface area contributed by atoms with Crippen molar-refractivity contribution in [2.24, 2.45) is 11.3 Å². The highest BCUT2D eigenvalue weighted by Gasteiger charge is 2.32. The van der Waals surface area contributed by atoms with Crippen molar-refractivity contribution >= 4 is 27.5 Å². The summed E-state index contributed by atoms with van der Waals surface area (Å²) in [5.41, 5.74) is 2.25. The lowest BCUT2D eigenvalue weighted by atomic mass is 9.75. The molecule has 4 nitrogen and oxygen atoms in total. The number of hydrogen-bond acceptors (Lipinski definition) is 4. The monoisotopic (exact) mass is 372 g/mol. The van der Waals surface area contributed by atoms with Crippen molar-refractivity contribution in [3.8, 4) is 5.19 Å². The van der Waals surface area contributed by atoms with E-state index in [4.69, 9.17) is 4.74 Å². The molecule has 0 N–H and O–H groups in total. The van der Waals surface area contributed by atoms with Gasteiger partial charge in [-0.2, -0.15) is 0 Å². The maximum Gasteiger partial charge on any atom is 0.274 e. The van der Waals surface area contributed by atoms with Crippen LogP contribution in [0.1, 0.15) is 47.5 Å². The lowest BCUT2D eigenvalue weighted by Gasteiger charge is -2.39. The van der Waals surface area contributed by atoms with Gasteiger partial charge in [-0.25, -0.2) is 4.98 Å². The molecule has 0 spiro atoms. The van der Waals surface area contributed by atoms with E-state index in [1.807, 2.05) is 29.2 Å². The number of amides is 1. The molecule has 140 valence electrons.